The van der Waals surface area contributed by atoms with Crippen molar-refractivity contribution in [1.82, 2.24) is 9.88 Å². The van der Waals surface area contributed by atoms with Crippen molar-refractivity contribution in [1.29, 1.82) is 0 Å². The monoisotopic (exact) mass is 419 g/mol. The maximum atomic E-state index is 12.9. The average molecular weight is 420 g/mol. The number of piperidine rings is 1. The van der Waals surface area contributed by atoms with Gasteiger partial charge in [0.2, 0.25) is 0 Å². The summed E-state index contributed by atoms with van der Waals surface area (Å²) < 4.78 is 22.8. The van der Waals surface area contributed by atoms with Crippen molar-refractivity contribution in [2.24, 2.45) is 9.81 Å². The molecule has 1 aliphatic heterocycles. The molecule has 1 amide bonds. The number of hydrogen-bond acceptors (Lipinski definition) is 5. The minimum Gasteiger partial charge on any atom is -0.591 e. The number of nitrogens with zero attached hydrogens (tertiary/aromatic N) is 3. The molecule has 160 valence electrons. The minimum absolute atomic E-state index is 0.220. The van der Waals surface area contributed by atoms with E-state index in [-0.39, 0.29) is 11.5 Å². The van der Waals surface area contributed by atoms with E-state index in [4.69, 9.17) is 9.13 Å². The van der Waals surface area contributed by atoms with Crippen LogP contribution >= 0.6 is 0 Å². The van der Waals surface area contributed by atoms with Gasteiger partial charge in [0.25, 0.3) is 0 Å². The molecule has 1 fully saturated rings. The van der Waals surface area contributed by atoms with Gasteiger partial charge in [0, 0.05) is 36.7 Å². The molecule has 0 N–H and O–H groups in total. The molecule has 0 radical (unpaired) electrons. The molecule has 1 spiro atoms. The Labute approximate surface area is 177 Å². The zero-order valence-corrected chi connectivity index (χ0v) is 19.5. The van der Waals surface area contributed by atoms with E-state index in [1.54, 1.807) is 4.90 Å². The van der Waals surface area contributed by atoms with Crippen LogP contribution in [-0.2, 0) is 22.5 Å². The Morgan fingerprint density at radius 1 is 1.24 bits per heavy atom. The van der Waals surface area contributed by atoms with Crippen LogP contribution in [0.1, 0.15) is 71.2 Å². The Kier molecular flexibility index (Phi) is 5.78. The van der Waals surface area contributed by atoms with Crippen LogP contribution in [0.2, 0.25) is 0 Å². The molecule has 29 heavy (non-hydrogen) atoms. The highest BCUT2D eigenvalue weighted by Gasteiger charge is 2.49. The number of carbonyl (C=O) groups is 1. The van der Waals surface area contributed by atoms with Gasteiger partial charge in [0.05, 0.1) is 5.69 Å². The molecule has 6 nitrogen and oxygen atoms in total. The quantitative estimate of drug-likeness (QED) is 0.639. The van der Waals surface area contributed by atoms with Crippen molar-refractivity contribution in [2.75, 3.05) is 13.1 Å². The van der Waals surface area contributed by atoms with E-state index in [0.29, 0.717) is 13.1 Å². The summed E-state index contributed by atoms with van der Waals surface area (Å²) in [5.41, 5.74) is 3.29. The van der Waals surface area contributed by atoms with Gasteiger partial charge >= 0.3 is 6.09 Å². The third-order valence-electron chi connectivity index (χ3n) is 5.44. The number of hydrogen-bond donors (Lipinski definition) is 0. The van der Waals surface area contributed by atoms with E-state index in [1.165, 1.54) is 0 Å². The standard InChI is InChI=1S/C22H33N3O3S/c1-15-12-16-17(23-14-15)13-22(18(16)24-29(27)21(5,6)7)8-10-25(11-9-22)19(26)28-20(2,3)4/h12,14H,8-11,13H2,1-7H3/b24-18+/t29-/m1/s1. The second kappa shape index (κ2) is 7.58. The first-order chi connectivity index (χ1) is 13.3. The van der Waals surface area contributed by atoms with Crippen LogP contribution in [-0.4, -0.2) is 49.7 Å². The highest BCUT2D eigenvalue weighted by atomic mass is 32.2. The lowest BCUT2D eigenvalue weighted by atomic mass is 9.75. The molecule has 2 aliphatic rings. The normalized spacial score (nSPS) is 21.4. The molecule has 1 saturated heterocycles. The van der Waals surface area contributed by atoms with Crippen LogP contribution in [0.25, 0.3) is 0 Å². The number of rotatable bonds is 1. The van der Waals surface area contributed by atoms with Crippen molar-refractivity contribution >= 4 is 23.2 Å². The van der Waals surface area contributed by atoms with Crippen LogP contribution in [0, 0.1) is 12.3 Å². The Bertz CT molecular complexity index is 816. The van der Waals surface area contributed by atoms with Crippen molar-refractivity contribution in [3.63, 3.8) is 0 Å². The highest BCUT2D eigenvalue weighted by molar-refractivity contribution is 7.91. The zero-order valence-electron chi connectivity index (χ0n) is 18.7. The smallest absolute Gasteiger partial charge is 0.410 e. The van der Waals surface area contributed by atoms with Gasteiger partial charge in [0.1, 0.15) is 27.4 Å². The molecule has 2 heterocycles. The lowest BCUT2D eigenvalue weighted by molar-refractivity contribution is 0.0159. The van der Waals surface area contributed by atoms with Crippen LogP contribution in [0.15, 0.2) is 16.7 Å². The summed E-state index contributed by atoms with van der Waals surface area (Å²) in [6, 6.07) is 2.11. The van der Waals surface area contributed by atoms with E-state index in [1.807, 2.05) is 54.7 Å². The lowest BCUT2D eigenvalue weighted by Crippen LogP contribution is -2.47. The van der Waals surface area contributed by atoms with Crippen LogP contribution in [0.3, 0.4) is 0 Å². The van der Waals surface area contributed by atoms with Gasteiger partial charge in [-0.3, -0.25) is 4.98 Å². The SMILES string of the molecule is Cc1cnc2c(c1)/C(=N\[S@+]([O-])C(C)(C)C)C1(CCN(C(=O)OC(C)(C)C)CC1)C2. The molecular weight excluding hydrogens is 386 g/mol. The minimum atomic E-state index is -1.34. The third kappa shape index (κ3) is 4.77. The maximum absolute atomic E-state index is 12.9. The lowest BCUT2D eigenvalue weighted by Gasteiger charge is -2.39. The van der Waals surface area contributed by atoms with Crippen LogP contribution < -0.4 is 0 Å². The van der Waals surface area contributed by atoms with Gasteiger partial charge in [-0.2, -0.15) is 0 Å². The van der Waals surface area contributed by atoms with Gasteiger partial charge in [-0.15, -0.1) is 0 Å². The fourth-order valence-electron chi connectivity index (χ4n) is 3.86. The predicted octanol–water partition coefficient (Wildman–Crippen LogP) is 4.21. The molecule has 0 unspecified atom stereocenters. The number of ether oxygens (including phenoxy) is 1. The van der Waals surface area contributed by atoms with Gasteiger partial charge < -0.3 is 14.2 Å². The Morgan fingerprint density at radius 2 is 1.86 bits per heavy atom. The Balaban J connectivity index is 1.88. The molecule has 0 bridgehead atoms. The molecule has 1 aliphatic carbocycles. The summed E-state index contributed by atoms with van der Waals surface area (Å²) in [5.74, 6) is 0. The number of amides is 1. The molecular formula is C22H33N3O3S. The van der Waals surface area contributed by atoms with Gasteiger partial charge in [-0.25, -0.2) is 4.79 Å². The summed E-state index contributed by atoms with van der Waals surface area (Å²) in [5, 5.41) is 0. The van der Waals surface area contributed by atoms with Gasteiger partial charge in [0.15, 0.2) is 0 Å². The number of likely N-dealkylation sites (tertiary alicyclic amines) is 1. The van der Waals surface area contributed by atoms with Gasteiger partial charge in [-0.1, -0.05) is 4.40 Å². The largest absolute Gasteiger partial charge is 0.591 e. The van der Waals surface area contributed by atoms with Crippen molar-refractivity contribution in [2.45, 2.75) is 78.1 Å². The van der Waals surface area contributed by atoms with Gasteiger partial charge in [-0.05, 0) is 72.9 Å². The van der Waals surface area contributed by atoms with Crippen molar-refractivity contribution in [3.8, 4) is 0 Å². The van der Waals surface area contributed by atoms with Crippen LogP contribution in [0.4, 0.5) is 4.79 Å². The molecule has 1 aromatic rings. The number of aryl methyl sites for hydroxylation is 1. The average Bonchev–Trinajstić information content (AvgIpc) is 2.86. The second-order valence-corrected chi connectivity index (χ2v) is 12.1. The van der Waals surface area contributed by atoms with E-state index in [9.17, 15) is 9.35 Å². The van der Waals surface area contributed by atoms with Crippen LogP contribution in [0.5, 0.6) is 0 Å². The fraction of sp³-hybridized carbons (Fsp3) is 0.682. The zero-order chi connectivity index (χ0) is 21.6. The maximum Gasteiger partial charge on any atom is 0.410 e. The molecule has 1 aromatic heterocycles. The van der Waals surface area contributed by atoms with E-state index >= 15 is 0 Å². The fourth-order valence-corrected chi connectivity index (χ4v) is 4.59. The topological polar surface area (TPSA) is 77.9 Å². The van der Waals surface area contributed by atoms with E-state index in [0.717, 1.165) is 41.8 Å². The summed E-state index contributed by atoms with van der Waals surface area (Å²) in [6.45, 7) is 14.7. The second-order valence-electron chi connectivity index (χ2n) is 10.2. The Morgan fingerprint density at radius 3 is 2.41 bits per heavy atom. The van der Waals surface area contributed by atoms with Crippen molar-refractivity contribution in [3.05, 3.63) is 29.1 Å². The first-order valence-corrected chi connectivity index (χ1v) is 11.4. The molecule has 7 heteroatoms. The number of aromatic nitrogens is 1. The first-order valence-electron chi connectivity index (χ1n) is 10.3. The van der Waals surface area contributed by atoms with E-state index < -0.39 is 21.7 Å². The molecule has 3 rings (SSSR count). The number of pyridine rings is 1. The molecule has 1 atom stereocenters. The molecule has 0 aromatic carbocycles. The summed E-state index contributed by atoms with van der Waals surface area (Å²) >= 11 is -1.34. The molecule has 0 saturated carbocycles. The summed E-state index contributed by atoms with van der Waals surface area (Å²) in [6.07, 6.45) is 3.93. The predicted molar refractivity (Wildman–Crippen MR) is 117 cm³/mol. The first kappa shape index (κ1) is 22.1. The third-order valence-corrected chi connectivity index (χ3v) is 6.84. The highest BCUT2D eigenvalue weighted by Crippen LogP contribution is 2.45. The summed E-state index contributed by atoms with van der Waals surface area (Å²) in [4.78, 5) is 18.9. The van der Waals surface area contributed by atoms with Crippen molar-refractivity contribution < 1.29 is 14.1 Å². The van der Waals surface area contributed by atoms with E-state index in [2.05, 4.69) is 11.1 Å². The summed E-state index contributed by atoms with van der Waals surface area (Å²) in [7, 11) is 0. The Hall–Kier alpha value is -1.60. The number of carbonyl (C=O) groups excluding carboxylic acids is 1. The number of fused-ring (bicyclic) bond motifs is 1.